The first kappa shape index (κ1) is 17.7. The van der Waals surface area contributed by atoms with E-state index in [0.29, 0.717) is 0 Å². The van der Waals surface area contributed by atoms with Crippen molar-refractivity contribution in [3.8, 4) is 11.1 Å². The van der Waals surface area contributed by atoms with Gasteiger partial charge in [0.25, 0.3) is 0 Å². The minimum atomic E-state index is 0.746. The summed E-state index contributed by atoms with van der Waals surface area (Å²) in [4.78, 5) is 6.44. The largest absolute Gasteiger partial charge is 0.335 e. The maximum atomic E-state index is 4.20. The number of fused-ring (bicyclic) bond motifs is 1. The van der Waals surface area contributed by atoms with Crippen LogP contribution in [0.15, 0.2) is 109 Å². The van der Waals surface area contributed by atoms with E-state index in [0.717, 1.165) is 29.2 Å². The number of hydrogen-bond donors (Lipinski definition) is 0. The summed E-state index contributed by atoms with van der Waals surface area (Å²) in [6.07, 6.45) is 3.82. The molecule has 0 amide bonds. The summed E-state index contributed by atoms with van der Waals surface area (Å²) in [6, 6.07) is 25.1. The first-order valence-corrected chi connectivity index (χ1v) is 9.28. The zero-order valence-corrected chi connectivity index (χ0v) is 15.8. The van der Waals surface area contributed by atoms with Crippen LogP contribution in [0.1, 0.15) is 11.1 Å². The lowest BCUT2D eigenvalue weighted by Gasteiger charge is -2.34. The van der Waals surface area contributed by atoms with Crippen LogP contribution in [-0.2, 0) is 6.54 Å². The van der Waals surface area contributed by atoms with E-state index in [1.54, 1.807) is 0 Å². The zero-order valence-electron chi connectivity index (χ0n) is 15.8. The van der Waals surface area contributed by atoms with Crippen LogP contribution >= 0.6 is 0 Å². The van der Waals surface area contributed by atoms with Gasteiger partial charge in [-0.3, -0.25) is 4.99 Å². The summed E-state index contributed by atoms with van der Waals surface area (Å²) < 4.78 is 0. The van der Waals surface area contributed by atoms with Gasteiger partial charge < -0.3 is 4.90 Å². The third-order valence-electron chi connectivity index (χ3n) is 5.14. The van der Waals surface area contributed by atoms with Gasteiger partial charge in [0, 0.05) is 17.8 Å². The standard InChI is InChI=1S/C26H22N2/c1-4-22-23-17-20(19-11-7-6-8-12-19)15-16-21(23)18-28(25(22)5-2)26-14-10-9-13-24(26)27-3/h4-17H,1-3,18H2. The van der Waals surface area contributed by atoms with E-state index in [-0.39, 0.29) is 0 Å². The van der Waals surface area contributed by atoms with E-state index in [1.807, 2.05) is 36.4 Å². The Balaban J connectivity index is 1.89. The Morgan fingerprint density at radius 1 is 0.821 bits per heavy atom. The molecule has 1 heterocycles. The van der Waals surface area contributed by atoms with Crippen molar-refractivity contribution in [2.24, 2.45) is 4.99 Å². The molecule has 1 aliphatic rings. The Morgan fingerprint density at radius 3 is 2.29 bits per heavy atom. The van der Waals surface area contributed by atoms with Gasteiger partial charge in [0.15, 0.2) is 0 Å². The molecular weight excluding hydrogens is 340 g/mol. The third kappa shape index (κ3) is 2.99. The minimum absolute atomic E-state index is 0.746. The molecule has 0 unspecified atom stereocenters. The fraction of sp³-hybridized carbons (Fsp3) is 0.0385. The zero-order chi connectivity index (χ0) is 19.5. The molecule has 2 nitrogen and oxygen atoms in total. The lowest BCUT2D eigenvalue weighted by Crippen LogP contribution is -2.26. The maximum Gasteiger partial charge on any atom is 0.0859 e. The summed E-state index contributed by atoms with van der Waals surface area (Å²) in [6.45, 7) is 12.6. The van der Waals surface area contributed by atoms with Gasteiger partial charge in [0.2, 0.25) is 0 Å². The minimum Gasteiger partial charge on any atom is -0.335 e. The molecule has 1 aliphatic heterocycles. The van der Waals surface area contributed by atoms with Crippen LogP contribution in [0.5, 0.6) is 0 Å². The molecule has 0 spiro atoms. The maximum absolute atomic E-state index is 4.20. The van der Waals surface area contributed by atoms with Crippen molar-refractivity contribution >= 4 is 23.7 Å². The molecule has 0 bridgehead atoms. The van der Waals surface area contributed by atoms with Gasteiger partial charge >= 0.3 is 0 Å². The fourth-order valence-corrected chi connectivity index (χ4v) is 3.79. The molecule has 3 aromatic rings. The number of aliphatic imine (C=N–C) groups is 1. The van der Waals surface area contributed by atoms with Gasteiger partial charge in [-0.2, -0.15) is 0 Å². The lowest BCUT2D eigenvalue weighted by atomic mass is 9.89. The summed E-state index contributed by atoms with van der Waals surface area (Å²) >= 11 is 0. The first-order chi connectivity index (χ1) is 13.8. The van der Waals surface area contributed by atoms with E-state index in [1.165, 1.54) is 22.3 Å². The van der Waals surface area contributed by atoms with Crippen LogP contribution in [0.2, 0.25) is 0 Å². The highest BCUT2D eigenvalue weighted by molar-refractivity contribution is 5.88. The molecule has 0 saturated heterocycles. The Labute approximate surface area is 166 Å². The molecule has 0 atom stereocenters. The van der Waals surface area contributed by atoms with E-state index in [4.69, 9.17) is 0 Å². The van der Waals surface area contributed by atoms with Crippen LogP contribution in [0, 0.1) is 0 Å². The molecular formula is C26H22N2. The lowest BCUT2D eigenvalue weighted by molar-refractivity contribution is 0.916. The predicted octanol–water partition coefficient (Wildman–Crippen LogP) is 6.79. The van der Waals surface area contributed by atoms with E-state index in [9.17, 15) is 0 Å². The molecule has 0 saturated carbocycles. The average Bonchev–Trinajstić information content (AvgIpc) is 2.77. The van der Waals surface area contributed by atoms with Gasteiger partial charge in [-0.15, -0.1) is 0 Å². The van der Waals surface area contributed by atoms with Gasteiger partial charge in [-0.1, -0.05) is 73.8 Å². The monoisotopic (exact) mass is 362 g/mol. The molecule has 0 radical (unpaired) electrons. The second-order valence-electron chi connectivity index (χ2n) is 6.68. The van der Waals surface area contributed by atoms with Crippen molar-refractivity contribution in [2.45, 2.75) is 6.54 Å². The number of benzene rings is 3. The molecule has 0 fully saturated rings. The highest BCUT2D eigenvalue weighted by Gasteiger charge is 2.24. The van der Waals surface area contributed by atoms with Crippen LogP contribution < -0.4 is 4.90 Å². The summed E-state index contributed by atoms with van der Waals surface area (Å²) in [5.74, 6) is 0. The molecule has 3 aromatic carbocycles. The highest BCUT2D eigenvalue weighted by atomic mass is 15.2. The van der Waals surface area contributed by atoms with Crippen LogP contribution in [-0.4, -0.2) is 6.72 Å². The fourth-order valence-electron chi connectivity index (χ4n) is 3.79. The highest BCUT2D eigenvalue weighted by Crippen LogP contribution is 2.40. The molecule has 28 heavy (non-hydrogen) atoms. The molecule has 0 aromatic heterocycles. The number of nitrogens with zero attached hydrogens (tertiary/aromatic N) is 2. The molecule has 2 heteroatoms. The van der Waals surface area contributed by atoms with Gasteiger partial charge in [-0.25, -0.2) is 0 Å². The van der Waals surface area contributed by atoms with Crippen LogP contribution in [0.25, 0.3) is 16.7 Å². The molecule has 4 rings (SSSR count). The topological polar surface area (TPSA) is 15.6 Å². The third-order valence-corrected chi connectivity index (χ3v) is 5.14. The summed E-state index contributed by atoms with van der Waals surface area (Å²) in [5.41, 5.74) is 8.84. The summed E-state index contributed by atoms with van der Waals surface area (Å²) in [7, 11) is 0. The predicted molar refractivity (Wildman–Crippen MR) is 121 cm³/mol. The number of allylic oxidation sites excluding steroid dienone is 3. The van der Waals surface area contributed by atoms with Crippen molar-refractivity contribution in [3.05, 3.63) is 115 Å². The van der Waals surface area contributed by atoms with E-state index in [2.05, 4.69) is 78.3 Å². The summed E-state index contributed by atoms with van der Waals surface area (Å²) in [5, 5.41) is 0. The van der Waals surface area contributed by atoms with Crippen LogP contribution in [0.3, 0.4) is 0 Å². The normalized spacial score (nSPS) is 13.1. The average molecular weight is 362 g/mol. The number of rotatable bonds is 5. The smallest absolute Gasteiger partial charge is 0.0859 e. The Kier molecular flexibility index (Phi) is 4.77. The van der Waals surface area contributed by atoms with Crippen LogP contribution in [0.4, 0.5) is 11.4 Å². The van der Waals surface area contributed by atoms with E-state index < -0.39 is 0 Å². The van der Waals surface area contributed by atoms with Gasteiger partial charge in [0.1, 0.15) is 0 Å². The van der Waals surface area contributed by atoms with Crippen molar-refractivity contribution in [1.82, 2.24) is 0 Å². The quantitative estimate of drug-likeness (QED) is 0.456. The van der Waals surface area contributed by atoms with Gasteiger partial charge in [0.05, 0.1) is 11.4 Å². The van der Waals surface area contributed by atoms with Crippen molar-refractivity contribution in [2.75, 3.05) is 4.90 Å². The van der Waals surface area contributed by atoms with Crippen molar-refractivity contribution in [1.29, 1.82) is 0 Å². The van der Waals surface area contributed by atoms with E-state index >= 15 is 0 Å². The Hall–Kier alpha value is -3.65. The first-order valence-electron chi connectivity index (χ1n) is 9.28. The number of para-hydroxylation sites is 2. The van der Waals surface area contributed by atoms with Gasteiger partial charge in [-0.05, 0) is 53.2 Å². The molecule has 0 aliphatic carbocycles. The molecule has 0 N–H and O–H groups in total. The number of hydrogen-bond acceptors (Lipinski definition) is 2. The number of anilines is 1. The molecule has 136 valence electrons. The second-order valence-corrected chi connectivity index (χ2v) is 6.68. The van der Waals surface area contributed by atoms with Crippen molar-refractivity contribution < 1.29 is 0 Å². The Morgan fingerprint density at radius 2 is 1.57 bits per heavy atom. The SMILES string of the molecule is C=CC1=C(C=C)N(c2ccccc2N=C)Cc2ccc(-c3ccccc3)cc21. The van der Waals surface area contributed by atoms with Crippen molar-refractivity contribution in [3.63, 3.8) is 0 Å². The Bertz CT molecular complexity index is 1090. The second kappa shape index (κ2) is 7.53.